The minimum absolute atomic E-state index is 0.0468. The summed E-state index contributed by atoms with van der Waals surface area (Å²) in [5, 5.41) is 3.43. The first-order chi connectivity index (χ1) is 8.17. The number of nitrogens with zero attached hydrogens (tertiary/aromatic N) is 1. The van der Waals surface area contributed by atoms with E-state index in [0.717, 1.165) is 36.5 Å². The van der Waals surface area contributed by atoms with E-state index < -0.39 is 0 Å². The molecule has 1 atom stereocenters. The highest BCUT2D eigenvalue weighted by atomic mass is 16.3. The maximum Gasteiger partial charge on any atom is 0.202 e. The smallest absolute Gasteiger partial charge is 0.202 e. The lowest BCUT2D eigenvalue weighted by Crippen LogP contribution is -2.41. The molecule has 1 aliphatic heterocycles. The molecule has 2 heterocycles. The summed E-state index contributed by atoms with van der Waals surface area (Å²) in [4.78, 5) is 4.66. The van der Waals surface area contributed by atoms with Gasteiger partial charge in [-0.15, -0.1) is 0 Å². The highest BCUT2D eigenvalue weighted by Crippen LogP contribution is 2.32. The predicted octanol–water partition coefficient (Wildman–Crippen LogP) is 2.78. The fourth-order valence-corrected chi connectivity index (χ4v) is 2.53. The van der Waals surface area contributed by atoms with Crippen LogP contribution in [0.4, 0.5) is 0 Å². The molecule has 1 fully saturated rings. The molecule has 2 aromatic rings. The van der Waals surface area contributed by atoms with Crippen molar-refractivity contribution in [3.8, 4) is 0 Å². The molecule has 3 heteroatoms. The number of nitrogens with one attached hydrogen (secondary N) is 1. The number of oxazole rings is 1. The SMILES string of the molecule is Cc1ccc2oc(C3(C)CCCNC3)nc2c1. The van der Waals surface area contributed by atoms with Crippen molar-refractivity contribution in [2.45, 2.75) is 32.1 Å². The van der Waals surface area contributed by atoms with E-state index >= 15 is 0 Å². The number of aromatic nitrogens is 1. The fourth-order valence-electron chi connectivity index (χ4n) is 2.53. The van der Waals surface area contributed by atoms with Crippen LogP contribution in [0.1, 0.15) is 31.2 Å². The molecule has 0 bridgehead atoms. The minimum Gasteiger partial charge on any atom is -0.440 e. The molecule has 1 aromatic carbocycles. The quantitative estimate of drug-likeness (QED) is 0.818. The van der Waals surface area contributed by atoms with Crippen molar-refractivity contribution in [2.24, 2.45) is 0 Å². The Labute approximate surface area is 101 Å². The Hall–Kier alpha value is -1.35. The van der Waals surface area contributed by atoms with Crippen molar-refractivity contribution in [3.05, 3.63) is 29.7 Å². The van der Waals surface area contributed by atoms with Crippen LogP contribution in [0, 0.1) is 6.92 Å². The first-order valence-electron chi connectivity index (χ1n) is 6.26. The molecule has 0 spiro atoms. The van der Waals surface area contributed by atoms with Crippen molar-refractivity contribution < 1.29 is 4.42 Å². The van der Waals surface area contributed by atoms with Crippen LogP contribution in [-0.2, 0) is 5.41 Å². The fraction of sp³-hybridized carbons (Fsp3) is 0.500. The third kappa shape index (κ3) is 1.84. The third-order valence-corrected chi connectivity index (χ3v) is 3.66. The van der Waals surface area contributed by atoms with Crippen molar-refractivity contribution in [3.63, 3.8) is 0 Å². The van der Waals surface area contributed by atoms with Gasteiger partial charge in [0.05, 0.1) is 5.41 Å². The Morgan fingerprint density at radius 3 is 3.06 bits per heavy atom. The average Bonchev–Trinajstić information content (AvgIpc) is 2.73. The molecule has 1 aromatic heterocycles. The van der Waals surface area contributed by atoms with Crippen molar-refractivity contribution in [1.82, 2.24) is 10.3 Å². The molecule has 0 amide bonds. The topological polar surface area (TPSA) is 38.1 Å². The minimum atomic E-state index is 0.0468. The van der Waals surface area contributed by atoms with E-state index in [1.807, 2.05) is 6.07 Å². The van der Waals surface area contributed by atoms with Crippen LogP contribution in [0.2, 0.25) is 0 Å². The van der Waals surface area contributed by atoms with Crippen molar-refractivity contribution in [1.29, 1.82) is 0 Å². The molecule has 3 rings (SSSR count). The van der Waals surface area contributed by atoms with Crippen molar-refractivity contribution in [2.75, 3.05) is 13.1 Å². The molecule has 0 aliphatic carbocycles. The van der Waals surface area contributed by atoms with Crippen LogP contribution in [0.15, 0.2) is 22.6 Å². The molecule has 0 radical (unpaired) electrons. The lowest BCUT2D eigenvalue weighted by atomic mass is 9.83. The predicted molar refractivity (Wildman–Crippen MR) is 68.2 cm³/mol. The molecule has 3 nitrogen and oxygen atoms in total. The summed E-state index contributed by atoms with van der Waals surface area (Å²) >= 11 is 0. The zero-order valence-corrected chi connectivity index (χ0v) is 10.4. The number of aryl methyl sites for hydroxylation is 1. The van der Waals surface area contributed by atoms with E-state index in [1.54, 1.807) is 0 Å². The second kappa shape index (κ2) is 3.84. The zero-order valence-electron chi connectivity index (χ0n) is 10.4. The van der Waals surface area contributed by atoms with Gasteiger partial charge in [0.15, 0.2) is 5.58 Å². The van der Waals surface area contributed by atoms with E-state index in [9.17, 15) is 0 Å². The zero-order chi connectivity index (χ0) is 11.9. The van der Waals surface area contributed by atoms with Crippen LogP contribution < -0.4 is 5.32 Å². The van der Waals surface area contributed by atoms with Gasteiger partial charge in [0.25, 0.3) is 0 Å². The maximum atomic E-state index is 5.91. The largest absolute Gasteiger partial charge is 0.440 e. The molecule has 17 heavy (non-hydrogen) atoms. The maximum absolute atomic E-state index is 5.91. The first kappa shape index (κ1) is 10.8. The van der Waals surface area contributed by atoms with Gasteiger partial charge in [-0.2, -0.15) is 0 Å². The van der Waals surface area contributed by atoms with E-state index in [2.05, 4.69) is 36.3 Å². The number of fused-ring (bicyclic) bond motifs is 1. The van der Waals surface area contributed by atoms with E-state index in [4.69, 9.17) is 4.42 Å². The Kier molecular flexibility index (Phi) is 2.44. The second-order valence-electron chi connectivity index (χ2n) is 5.33. The molecule has 1 saturated heterocycles. The molecule has 1 N–H and O–H groups in total. The average molecular weight is 230 g/mol. The number of hydrogen-bond acceptors (Lipinski definition) is 3. The van der Waals surface area contributed by atoms with E-state index in [1.165, 1.54) is 12.0 Å². The lowest BCUT2D eigenvalue weighted by molar-refractivity contribution is 0.279. The summed E-state index contributed by atoms with van der Waals surface area (Å²) in [7, 11) is 0. The summed E-state index contributed by atoms with van der Waals surface area (Å²) in [6.07, 6.45) is 2.33. The monoisotopic (exact) mass is 230 g/mol. The number of rotatable bonds is 1. The first-order valence-corrected chi connectivity index (χ1v) is 6.26. The highest BCUT2D eigenvalue weighted by Gasteiger charge is 2.33. The van der Waals surface area contributed by atoms with Gasteiger partial charge in [0, 0.05) is 6.54 Å². The van der Waals surface area contributed by atoms with Crippen LogP contribution in [0.5, 0.6) is 0 Å². The Morgan fingerprint density at radius 1 is 1.41 bits per heavy atom. The van der Waals surface area contributed by atoms with Crippen LogP contribution in [0.3, 0.4) is 0 Å². The van der Waals surface area contributed by atoms with Gasteiger partial charge in [0.1, 0.15) is 5.52 Å². The molecular formula is C14H18N2O. The van der Waals surface area contributed by atoms with Gasteiger partial charge in [-0.05, 0) is 50.9 Å². The van der Waals surface area contributed by atoms with Gasteiger partial charge < -0.3 is 9.73 Å². The summed E-state index contributed by atoms with van der Waals surface area (Å²) in [5.74, 6) is 0.880. The molecule has 1 unspecified atom stereocenters. The number of hydrogen-bond donors (Lipinski definition) is 1. The second-order valence-corrected chi connectivity index (χ2v) is 5.33. The standard InChI is InChI=1S/C14H18N2O/c1-10-4-5-12-11(8-10)16-13(17-12)14(2)6-3-7-15-9-14/h4-5,8,15H,3,6-7,9H2,1-2H3. The van der Waals surface area contributed by atoms with Crippen molar-refractivity contribution >= 4 is 11.1 Å². The summed E-state index contributed by atoms with van der Waals surface area (Å²) in [5.41, 5.74) is 3.15. The molecule has 90 valence electrons. The summed E-state index contributed by atoms with van der Waals surface area (Å²) in [6, 6.07) is 6.17. The van der Waals surface area contributed by atoms with Crippen LogP contribution in [0.25, 0.3) is 11.1 Å². The van der Waals surface area contributed by atoms with Gasteiger partial charge in [-0.3, -0.25) is 0 Å². The van der Waals surface area contributed by atoms with Gasteiger partial charge in [-0.25, -0.2) is 4.98 Å². The molecule has 1 aliphatic rings. The van der Waals surface area contributed by atoms with Gasteiger partial charge >= 0.3 is 0 Å². The summed E-state index contributed by atoms with van der Waals surface area (Å²) < 4.78 is 5.91. The summed E-state index contributed by atoms with van der Waals surface area (Å²) in [6.45, 7) is 6.38. The molecular weight excluding hydrogens is 212 g/mol. The van der Waals surface area contributed by atoms with Crippen LogP contribution in [-0.4, -0.2) is 18.1 Å². The van der Waals surface area contributed by atoms with Gasteiger partial charge in [0.2, 0.25) is 5.89 Å². The third-order valence-electron chi connectivity index (χ3n) is 3.66. The Balaban J connectivity index is 2.05. The number of benzene rings is 1. The lowest BCUT2D eigenvalue weighted by Gasteiger charge is -2.30. The van der Waals surface area contributed by atoms with Crippen LogP contribution >= 0.6 is 0 Å². The molecule has 0 saturated carbocycles. The number of piperidine rings is 1. The normalized spacial score (nSPS) is 25.3. The highest BCUT2D eigenvalue weighted by molar-refractivity contribution is 5.73. The van der Waals surface area contributed by atoms with Gasteiger partial charge in [-0.1, -0.05) is 6.07 Å². The Bertz CT molecular complexity index is 538. The Morgan fingerprint density at radius 2 is 2.29 bits per heavy atom. The van der Waals surface area contributed by atoms with E-state index in [0.29, 0.717) is 0 Å². The van der Waals surface area contributed by atoms with E-state index in [-0.39, 0.29) is 5.41 Å².